The number of amides is 2. The van der Waals surface area contributed by atoms with Crippen molar-refractivity contribution in [3.05, 3.63) is 35.9 Å². The average molecular weight is 454 g/mol. The molecule has 3 aliphatic rings. The molecule has 1 unspecified atom stereocenters. The van der Waals surface area contributed by atoms with Gasteiger partial charge in [0.15, 0.2) is 5.69 Å². The van der Waals surface area contributed by atoms with Crippen molar-refractivity contribution >= 4 is 17.5 Å². The lowest BCUT2D eigenvalue weighted by atomic mass is 9.96. The van der Waals surface area contributed by atoms with Crippen LogP contribution in [-0.4, -0.2) is 77.6 Å². The zero-order chi connectivity index (χ0) is 23.1. The van der Waals surface area contributed by atoms with E-state index in [1.807, 2.05) is 33.7 Å². The number of carbonyl (C=O) groups is 2. The molecule has 178 valence electrons. The van der Waals surface area contributed by atoms with Crippen LogP contribution in [0.3, 0.4) is 0 Å². The van der Waals surface area contributed by atoms with Crippen LogP contribution >= 0.6 is 0 Å². The predicted molar refractivity (Wildman–Crippen MR) is 125 cm³/mol. The highest BCUT2D eigenvalue weighted by Crippen LogP contribution is 2.51. The summed E-state index contributed by atoms with van der Waals surface area (Å²) >= 11 is 0. The molecule has 0 radical (unpaired) electrons. The third-order valence-electron chi connectivity index (χ3n) is 7.82. The molecule has 1 N–H and O–H groups in total. The Kier molecular flexibility index (Phi) is 6.03. The third-order valence-corrected chi connectivity index (χ3v) is 7.82. The van der Waals surface area contributed by atoms with Crippen molar-refractivity contribution < 1.29 is 14.3 Å². The normalized spacial score (nSPS) is 25.5. The highest BCUT2D eigenvalue weighted by molar-refractivity contribution is 5.99. The maximum absolute atomic E-state index is 12.9. The van der Waals surface area contributed by atoms with E-state index in [-0.39, 0.29) is 17.9 Å². The molecule has 2 aliphatic heterocycles. The fourth-order valence-electron chi connectivity index (χ4n) is 5.91. The number of piperidine rings is 2. The molecule has 3 fully saturated rings. The predicted octanol–water partition coefficient (Wildman–Crippen LogP) is 2.84. The summed E-state index contributed by atoms with van der Waals surface area (Å²) in [5, 5.41) is 3.17. The molecule has 2 saturated heterocycles. The van der Waals surface area contributed by atoms with Crippen LogP contribution in [0.4, 0.5) is 4.79 Å². The molecule has 0 bridgehead atoms. The first kappa shape index (κ1) is 22.2. The summed E-state index contributed by atoms with van der Waals surface area (Å²) in [7, 11) is 1.45. The number of pyridine rings is 1. The van der Waals surface area contributed by atoms with E-state index in [0.717, 1.165) is 63.5 Å². The molecule has 1 saturated carbocycles. The van der Waals surface area contributed by atoms with Crippen molar-refractivity contribution in [2.45, 2.75) is 32.6 Å². The molecule has 0 aromatic carbocycles. The number of carbonyl (C=O) groups excluding carboxylic acids is 2. The first-order chi connectivity index (χ1) is 16.0. The first-order valence-corrected chi connectivity index (χ1v) is 12.3. The van der Waals surface area contributed by atoms with E-state index in [0.29, 0.717) is 29.4 Å². The fraction of sp³-hybridized carbons (Fsp3) is 0.640. The molecule has 3 atom stereocenters. The Labute approximate surface area is 195 Å². The van der Waals surface area contributed by atoms with Gasteiger partial charge < -0.3 is 24.3 Å². The van der Waals surface area contributed by atoms with Crippen molar-refractivity contribution in [1.82, 2.24) is 24.5 Å². The van der Waals surface area contributed by atoms with Gasteiger partial charge in [-0.2, -0.15) is 0 Å². The van der Waals surface area contributed by atoms with E-state index in [1.165, 1.54) is 7.11 Å². The van der Waals surface area contributed by atoms with Gasteiger partial charge in [-0.3, -0.25) is 4.79 Å². The highest BCUT2D eigenvalue weighted by Gasteiger charge is 2.55. The van der Waals surface area contributed by atoms with Gasteiger partial charge in [0, 0.05) is 51.4 Å². The Hall–Kier alpha value is -2.61. The standard InChI is InChI=1S/C25H35N5O3/c1-16(2)23-27-22(21-6-4-5-9-30(21)23)24(31)26-12-18-19-14-28(15-20(18)19)13-17-7-10-29(11-8-17)25(32)33-3/h4-6,9,16-20H,7-8,10-15H2,1-3H3,(H,26,31)/t18?,19-,20+. The number of nitrogens with one attached hydrogen (secondary N) is 1. The first-order valence-electron chi connectivity index (χ1n) is 12.3. The average Bonchev–Trinajstić information content (AvgIpc) is 3.14. The van der Waals surface area contributed by atoms with E-state index < -0.39 is 0 Å². The van der Waals surface area contributed by atoms with Crippen LogP contribution in [0.2, 0.25) is 0 Å². The van der Waals surface area contributed by atoms with Crippen molar-refractivity contribution in [1.29, 1.82) is 0 Å². The highest BCUT2D eigenvalue weighted by atomic mass is 16.5. The van der Waals surface area contributed by atoms with E-state index in [1.54, 1.807) is 0 Å². The largest absolute Gasteiger partial charge is 0.453 e. The molecule has 8 nitrogen and oxygen atoms in total. The molecule has 8 heteroatoms. The zero-order valence-corrected chi connectivity index (χ0v) is 19.9. The van der Waals surface area contributed by atoms with Crippen LogP contribution < -0.4 is 5.32 Å². The lowest BCUT2D eigenvalue weighted by Crippen LogP contribution is -2.41. The number of aromatic nitrogens is 2. The van der Waals surface area contributed by atoms with Crippen LogP contribution in [0.15, 0.2) is 24.4 Å². The summed E-state index contributed by atoms with van der Waals surface area (Å²) in [4.78, 5) is 33.7. The summed E-state index contributed by atoms with van der Waals surface area (Å²) < 4.78 is 6.86. The monoisotopic (exact) mass is 453 g/mol. The van der Waals surface area contributed by atoms with Gasteiger partial charge in [-0.15, -0.1) is 0 Å². The maximum Gasteiger partial charge on any atom is 0.409 e. The third kappa shape index (κ3) is 4.33. The second-order valence-corrected chi connectivity index (χ2v) is 10.2. The number of hydrogen-bond acceptors (Lipinski definition) is 5. The number of imidazole rings is 1. The van der Waals surface area contributed by atoms with E-state index in [9.17, 15) is 9.59 Å². The van der Waals surface area contributed by atoms with Gasteiger partial charge in [0.05, 0.1) is 12.6 Å². The zero-order valence-electron chi connectivity index (χ0n) is 19.9. The van der Waals surface area contributed by atoms with Gasteiger partial charge in [-0.05, 0) is 48.6 Å². The molecule has 2 aromatic heterocycles. The quantitative estimate of drug-likeness (QED) is 0.728. The number of rotatable bonds is 6. The number of likely N-dealkylation sites (tertiary alicyclic amines) is 2. The summed E-state index contributed by atoms with van der Waals surface area (Å²) in [6.07, 6.45) is 3.88. The summed E-state index contributed by atoms with van der Waals surface area (Å²) in [5.74, 6) is 3.76. The minimum absolute atomic E-state index is 0.0650. The Morgan fingerprint density at radius 2 is 1.91 bits per heavy atom. The summed E-state index contributed by atoms with van der Waals surface area (Å²) in [5.41, 5.74) is 1.41. The molecule has 33 heavy (non-hydrogen) atoms. The molecular weight excluding hydrogens is 418 g/mol. The van der Waals surface area contributed by atoms with Gasteiger partial charge in [0.2, 0.25) is 0 Å². The number of nitrogens with zero attached hydrogens (tertiary/aromatic N) is 4. The lowest BCUT2D eigenvalue weighted by molar-refractivity contribution is 0.0945. The van der Waals surface area contributed by atoms with Crippen molar-refractivity contribution in [3.8, 4) is 0 Å². The smallest absolute Gasteiger partial charge is 0.409 e. The molecular formula is C25H35N5O3. The van der Waals surface area contributed by atoms with Gasteiger partial charge in [-0.1, -0.05) is 19.9 Å². The van der Waals surface area contributed by atoms with E-state index in [4.69, 9.17) is 4.74 Å². The van der Waals surface area contributed by atoms with Crippen LogP contribution in [0.5, 0.6) is 0 Å². The number of fused-ring (bicyclic) bond motifs is 2. The topological polar surface area (TPSA) is 79.2 Å². The van der Waals surface area contributed by atoms with Crippen molar-refractivity contribution in [3.63, 3.8) is 0 Å². The van der Waals surface area contributed by atoms with Gasteiger partial charge >= 0.3 is 6.09 Å². The van der Waals surface area contributed by atoms with Crippen molar-refractivity contribution in [2.75, 3.05) is 46.4 Å². The minimum atomic E-state index is -0.204. The number of hydrogen-bond donors (Lipinski definition) is 1. The minimum Gasteiger partial charge on any atom is -0.453 e. The number of methoxy groups -OCH3 is 1. The maximum atomic E-state index is 12.9. The van der Waals surface area contributed by atoms with Crippen LogP contribution in [-0.2, 0) is 4.74 Å². The summed E-state index contributed by atoms with van der Waals surface area (Å²) in [6.45, 7) is 9.93. The second-order valence-electron chi connectivity index (χ2n) is 10.2. The lowest BCUT2D eigenvalue weighted by Gasteiger charge is -2.33. The van der Waals surface area contributed by atoms with Gasteiger partial charge in [-0.25, -0.2) is 9.78 Å². The Morgan fingerprint density at radius 1 is 1.18 bits per heavy atom. The number of ether oxygens (including phenoxy) is 1. The SMILES string of the molecule is COC(=O)N1CCC(CN2C[C@@H]3C(CNC(=O)c4nc(C(C)C)n5ccccc45)[C@@H]3C2)CC1. The van der Waals surface area contributed by atoms with Crippen LogP contribution in [0.25, 0.3) is 5.52 Å². The fourth-order valence-corrected chi connectivity index (χ4v) is 5.91. The Balaban J connectivity index is 1.08. The molecule has 1 aliphatic carbocycles. The van der Waals surface area contributed by atoms with Crippen LogP contribution in [0.1, 0.15) is 48.9 Å². The van der Waals surface area contributed by atoms with Gasteiger partial charge in [0.1, 0.15) is 5.82 Å². The molecule has 4 heterocycles. The molecule has 0 spiro atoms. The second kappa shape index (κ2) is 8.97. The molecule has 5 rings (SSSR count). The molecule has 2 aromatic rings. The Morgan fingerprint density at radius 3 is 2.58 bits per heavy atom. The van der Waals surface area contributed by atoms with E-state index >= 15 is 0 Å². The van der Waals surface area contributed by atoms with E-state index in [2.05, 4.69) is 29.0 Å². The van der Waals surface area contributed by atoms with Crippen molar-refractivity contribution in [2.24, 2.45) is 23.7 Å². The summed E-state index contributed by atoms with van der Waals surface area (Å²) in [6, 6.07) is 5.89. The molecule has 2 amide bonds. The van der Waals surface area contributed by atoms with Gasteiger partial charge in [0.25, 0.3) is 5.91 Å². The Bertz CT molecular complexity index is 1010. The van der Waals surface area contributed by atoms with Crippen LogP contribution in [0, 0.1) is 23.7 Å².